The fourth-order valence-electron chi connectivity index (χ4n) is 2.08. The zero-order valence-corrected chi connectivity index (χ0v) is 14.6. The Morgan fingerprint density at radius 2 is 2.17 bits per heavy atom. The quantitative estimate of drug-likeness (QED) is 0.647. The molecule has 2 aromatic rings. The standard InChI is InChI=1S/C16H19ClFN3O3/c1-16(2,3)10(8-11(22)23-4)19-14-12(18)13(20-15(17)21-14)9-6-5-7-24-9/h5-7,10H,8H2,1-4H3,(H,19,20,21)/t10-/m1/s1. The van der Waals surface area contributed by atoms with Crippen LogP contribution in [-0.4, -0.2) is 29.1 Å². The fourth-order valence-corrected chi connectivity index (χ4v) is 2.25. The number of aromatic nitrogens is 2. The predicted molar refractivity (Wildman–Crippen MR) is 88.2 cm³/mol. The van der Waals surface area contributed by atoms with Gasteiger partial charge in [0.1, 0.15) is 5.69 Å². The van der Waals surface area contributed by atoms with Gasteiger partial charge in [-0.3, -0.25) is 4.79 Å². The highest BCUT2D eigenvalue weighted by Crippen LogP contribution is 2.30. The van der Waals surface area contributed by atoms with Crippen molar-refractivity contribution in [3.05, 3.63) is 29.5 Å². The zero-order chi connectivity index (χ0) is 17.9. The molecule has 1 N–H and O–H groups in total. The van der Waals surface area contributed by atoms with Crippen LogP contribution in [0.15, 0.2) is 22.8 Å². The molecule has 2 rings (SSSR count). The minimum absolute atomic E-state index is 0.0479. The van der Waals surface area contributed by atoms with E-state index in [1.807, 2.05) is 20.8 Å². The van der Waals surface area contributed by atoms with E-state index in [-0.39, 0.29) is 34.4 Å². The first-order valence-corrected chi connectivity index (χ1v) is 7.70. The summed E-state index contributed by atoms with van der Waals surface area (Å²) in [7, 11) is 1.30. The number of ether oxygens (including phenoxy) is 1. The van der Waals surface area contributed by atoms with Crippen molar-refractivity contribution in [1.29, 1.82) is 0 Å². The molecule has 6 nitrogen and oxygen atoms in total. The van der Waals surface area contributed by atoms with Gasteiger partial charge in [-0.05, 0) is 29.1 Å². The van der Waals surface area contributed by atoms with E-state index < -0.39 is 17.8 Å². The zero-order valence-electron chi connectivity index (χ0n) is 13.9. The Hall–Kier alpha value is -2.15. The maximum absolute atomic E-state index is 14.8. The third-order valence-electron chi connectivity index (χ3n) is 3.53. The van der Waals surface area contributed by atoms with E-state index in [2.05, 4.69) is 15.3 Å². The van der Waals surface area contributed by atoms with Crippen molar-refractivity contribution in [2.45, 2.75) is 33.2 Å². The number of halogens is 2. The van der Waals surface area contributed by atoms with Crippen molar-refractivity contribution in [3.8, 4) is 11.5 Å². The first-order valence-electron chi connectivity index (χ1n) is 7.32. The van der Waals surface area contributed by atoms with E-state index in [0.29, 0.717) is 0 Å². The van der Waals surface area contributed by atoms with Gasteiger partial charge >= 0.3 is 5.97 Å². The average Bonchev–Trinajstić information content (AvgIpc) is 3.02. The Morgan fingerprint density at radius 1 is 1.46 bits per heavy atom. The molecule has 2 heterocycles. The molecule has 24 heavy (non-hydrogen) atoms. The lowest BCUT2D eigenvalue weighted by Crippen LogP contribution is -2.37. The van der Waals surface area contributed by atoms with Crippen molar-refractivity contribution < 1.29 is 18.3 Å². The molecule has 2 aromatic heterocycles. The van der Waals surface area contributed by atoms with E-state index >= 15 is 0 Å². The van der Waals surface area contributed by atoms with E-state index in [9.17, 15) is 9.18 Å². The lowest BCUT2D eigenvalue weighted by molar-refractivity contribution is -0.141. The van der Waals surface area contributed by atoms with Crippen LogP contribution in [0.25, 0.3) is 11.5 Å². The third-order valence-corrected chi connectivity index (χ3v) is 3.70. The molecule has 0 fully saturated rings. The first kappa shape index (κ1) is 18.2. The fraction of sp³-hybridized carbons (Fsp3) is 0.438. The summed E-state index contributed by atoms with van der Waals surface area (Å²) in [4.78, 5) is 19.4. The van der Waals surface area contributed by atoms with E-state index in [1.165, 1.54) is 13.4 Å². The molecule has 0 saturated heterocycles. The second-order valence-electron chi connectivity index (χ2n) is 6.32. The van der Waals surface area contributed by atoms with Crippen molar-refractivity contribution in [2.24, 2.45) is 5.41 Å². The molecule has 8 heteroatoms. The Balaban J connectivity index is 2.38. The monoisotopic (exact) mass is 355 g/mol. The van der Waals surface area contributed by atoms with Crippen LogP contribution in [0.3, 0.4) is 0 Å². The van der Waals surface area contributed by atoms with Crippen molar-refractivity contribution in [2.75, 3.05) is 12.4 Å². The predicted octanol–water partition coefficient (Wildman–Crippen LogP) is 3.92. The number of furan rings is 1. The molecule has 0 aliphatic carbocycles. The summed E-state index contributed by atoms with van der Waals surface area (Å²) in [5.74, 6) is -0.965. The van der Waals surface area contributed by atoms with Gasteiger partial charge in [0.05, 0.1) is 19.8 Å². The van der Waals surface area contributed by atoms with Crippen molar-refractivity contribution >= 4 is 23.4 Å². The summed E-state index contributed by atoms with van der Waals surface area (Å²) in [6, 6.07) is 2.77. The molecule has 0 aromatic carbocycles. The molecule has 0 bridgehead atoms. The van der Waals surface area contributed by atoms with Gasteiger partial charge in [0.25, 0.3) is 0 Å². The number of esters is 1. The van der Waals surface area contributed by atoms with Crippen LogP contribution in [0.4, 0.5) is 10.2 Å². The van der Waals surface area contributed by atoms with Gasteiger partial charge < -0.3 is 14.5 Å². The van der Waals surface area contributed by atoms with Gasteiger partial charge in [0.2, 0.25) is 5.28 Å². The van der Waals surface area contributed by atoms with Gasteiger partial charge in [-0.25, -0.2) is 9.37 Å². The lowest BCUT2D eigenvalue weighted by atomic mass is 9.84. The number of anilines is 1. The number of methoxy groups -OCH3 is 1. The minimum Gasteiger partial charge on any atom is -0.469 e. The lowest BCUT2D eigenvalue weighted by Gasteiger charge is -2.31. The number of nitrogens with zero attached hydrogens (tertiary/aromatic N) is 2. The van der Waals surface area contributed by atoms with Crippen LogP contribution in [0.2, 0.25) is 5.28 Å². The molecule has 130 valence electrons. The summed E-state index contributed by atoms with van der Waals surface area (Å²) in [5, 5.41) is 2.81. The van der Waals surface area contributed by atoms with Crippen LogP contribution in [0, 0.1) is 11.2 Å². The molecule has 0 unspecified atom stereocenters. The number of hydrogen-bond acceptors (Lipinski definition) is 6. The number of carbonyl (C=O) groups is 1. The smallest absolute Gasteiger partial charge is 0.307 e. The second-order valence-corrected chi connectivity index (χ2v) is 6.66. The molecule has 0 radical (unpaired) electrons. The SMILES string of the molecule is COC(=O)C[C@@H](Nc1nc(Cl)nc(-c2ccco2)c1F)C(C)(C)C. The molecule has 0 aliphatic rings. The van der Waals surface area contributed by atoms with Gasteiger partial charge in [-0.2, -0.15) is 4.98 Å². The summed E-state index contributed by atoms with van der Waals surface area (Å²) >= 11 is 5.91. The first-order chi connectivity index (χ1) is 11.2. The second kappa shape index (κ2) is 7.17. The average molecular weight is 356 g/mol. The van der Waals surface area contributed by atoms with Crippen LogP contribution >= 0.6 is 11.6 Å². The summed E-state index contributed by atoms with van der Waals surface area (Å²) in [6.07, 6.45) is 1.46. The van der Waals surface area contributed by atoms with Gasteiger partial charge in [-0.1, -0.05) is 20.8 Å². The summed E-state index contributed by atoms with van der Waals surface area (Å²) in [5.41, 5.74) is -0.406. The Labute approximate surface area is 144 Å². The van der Waals surface area contributed by atoms with Gasteiger partial charge in [0.15, 0.2) is 17.4 Å². The Bertz CT molecular complexity index is 714. The maximum Gasteiger partial charge on any atom is 0.307 e. The van der Waals surface area contributed by atoms with Crippen LogP contribution < -0.4 is 5.32 Å². The molecular formula is C16H19ClFN3O3. The van der Waals surface area contributed by atoms with E-state index in [0.717, 1.165) is 0 Å². The highest BCUT2D eigenvalue weighted by atomic mass is 35.5. The van der Waals surface area contributed by atoms with Gasteiger partial charge in [0, 0.05) is 6.04 Å². The summed E-state index contributed by atoms with van der Waals surface area (Å²) in [6.45, 7) is 5.76. The van der Waals surface area contributed by atoms with Crippen LogP contribution in [0.1, 0.15) is 27.2 Å². The Morgan fingerprint density at radius 3 is 2.71 bits per heavy atom. The molecule has 1 atom stereocenters. The Kier molecular flexibility index (Phi) is 5.43. The van der Waals surface area contributed by atoms with Crippen LogP contribution in [0.5, 0.6) is 0 Å². The van der Waals surface area contributed by atoms with Crippen molar-refractivity contribution in [3.63, 3.8) is 0 Å². The minimum atomic E-state index is -0.700. The third kappa shape index (κ3) is 4.23. The van der Waals surface area contributed by atoms with Crippen molar-refractivity contribution in [1.82, 2.24) is 9.97 Å². The van der Waals surface area contributed by atoms with E-state index in [1.54, 1.807) is 12.1 Å². The number of carbonyl (C=O) groups excluding carboxylic acids is 1. The number of hydrogen-bond donors (Lipinski definition) is 1. The molecule has 0 spiro atoms. The molecular weight excluding hydrogens is 337 g/mol. The maximum atomic E-state index is 14.8. The van der Waals surface area contributed by atoms with E-state index in [4.69, 9.17) is 20.8 Å². The highest BCUT2D eigenvalue weighted by molar-refractivity contribution is 6.28. The molecule has 0 aliphatic heterocycles. The highest BCUT2D eigenvalue weighted by Gasteiger charge is 2.29. The number of rotatable bonds is 5. The molecule has 0 amide bonds. The van der Waals surface area contributed by atoms with Crippen LogP contribution in [-0.2, 0) is 9.53 Å². The van der Waals surface area contributed by atoms with Gasteiger partial charge in [-0.15, -0.1) is 0 Å². The number of nitrogens with one attached hydrogen (secondary N) is 1. The molecule has 0 saturated carbocycles. The topological polar surface area (TPSA) is 77.2 Å². The normalized spacial score (nSPS) is 12.8. The largest absolute Gasteiger partial charge is 0.469 e. The summed E-state index contributed by atoms with van der Waals surface area (Å²) < 4.78 is 24.6.